The van der Waals surface area contributed by atoms with Crippen LogP contribution in [0.2, 0.25) is 0 Å². The number of esters is 1. The molecule has 2 N–H and O–H groups in total. The molecular formula is C40H41N3O7. The maximum absolute atomic E-state index is 15.1. The molecule has 10 heteroatoms. The molecule has 0 unspecified atom stereocenters. The Morgan fingerprint density at radius 3 is 2.42 bits per heavy atom. The van der Waals surface area contributed by atoms with Gasteiger partial charge in [0.2, 0.25) is 11.8 Å². The molecular weight excluding hydrogens is 634 g/mol. The lowest BCUT2D eigenvalue weighted by atomic mass is 9.77. The highest BCUT2D eigenvalue weighted by Gasteiger charge is 2.72. The second-order valence-electron chi connectivity index (χ2n) is 13.5. The van der Waals surface area contributed by atoms with Crippen LogP contribution in [0.1, 0.15) is 47.2 Å². The Kier molecular flexibility index (Phi) is 9.15. The first kappa shape index (κ1) is 33.4. The number of anilines is 1. The number of rotatable bonds is 5. The summed E-state index contributed by atoms with van der Waals surface area (Å²) in [4.78, 5) is 60.4. The van der Waals surface area contributed by atoms with Crippen LogP contribution in [0.25, 0.3) is 0 Å². The van der Waals surface area contributed by atoms with E-state index in [1.807, 2.05) is 98.8 Å². The van der Waals surface area contributed by atoms with Crippen molar-refractivity contribution in [2.75, 3.05) is 24.7 Å². The second kappa shape index (κ2) is 13.7. The maximum Gasteiger partial charge on any atom is 0.306 e. The van der Waals surface area contributed by atoms with Crippen molar-refractivity contribution in [1.29, 1.82) is 0 Å². The normalized spacial score (nSPS) is 29.5. The van der Waals surface area contributed by atoms with Gasteiger partial charge in [-0.2, -0.15) is 0 Å². The van der Waals surface area contributed by atoms with Crippen molar-refractivity contribution in [3.8, 4) is 0 Å². The molecule has 0 radical (unpaired) electrons. The van der Waals surface area contributed by atoms with Gasteiger partial charge in [0, 0.05) is 18.7 Å². The minimum Gasteiger partial charge on any atom is -0.463 e. The quantitative estimate of drug-likeness (QED) is 0.306. The molecule has 3 aromatic carbocycles. The van der Waals surface area contributed by atoms with E-state index in [4.69, 9.17) is 9.47 Å². The van der Waals surface area contributed by atoms with Crippen LogP contribution in [0, 0.1) is 25.7 Å². The van der Waals surface area contributed by atoms with Crippen LogP contribution in [0.4, 0.5) is 5.69 Å². The molecule has 0 saturated carbocycles. The van der Waals surface area contributed by atoms with Gasteiger partial charge in [0.05, 0.1) is 36.6 Å². The summed E-state index contributed by atoms with van der Waals surface area (Å²) in [5.41, 5.74) is 2.44. The summed E-state index contributed by atoms with van der Waals surface area (Å²) in [6.45, 7) is 3.59. The molecule has 258 valence electrons. The molecule has 0 aromatic heterocycles. The fourth-order valence-electron chi connectivity index (χ4n) is 7.97. The Morgan fingerprint density at radius 2 is 1.68 bits per heavy atom. The van der Waals surface area contributed by atoms with Gasteiger partial charge in [-0.1, -0.05) is 97.1 Å². The summed E-state index contributed by atoms with van der Waals surface area (Å²) in [6, 6.07) is 21.5. The maximum atomic E-state index is 15.1. The van der Waals surface area contributed by atoms with E-state index < -0.39 is 66.1 Å². The van der Waals surface area contributed by atoms with Gasteiger partial charge < -0.3 is 29.7 Å². The van der Waals surface area contributed by atoms with Gasteiger partial charge in [-0.05, 0) is 48.6 Å². The fourth-order valence-corrected chi connectivity index (χ4v) is 7.97. The van der Waals surface area contributed by atoms with Gasteiger partial charge in [0.15, 0.2) is 0 Å². The number of aliphatic hydroxyl groups excluding tert-OH is 1. The average molecular weight is 676 g/mol. The SMILES string of the molecule is Cc1ccc(C)c(N2CC=C[C@@]34O[C@H]5/C=C\CCC(=O)OC[C@H](c6ccccc6)NC(=O)[C@H]5[C@@H]3C(=O)N([C@H](CO)c3ccccc3)[C@H]4C2=O)c1. The van der Waals surface area contributed by atoms with Crippen molar-refractivity contribution < 1.29 is 33.8 Å². The number of hydrogen-bond donors (Lipinski definition) is 2. The molecule has 4 heterocycles. The van der Waals surface area contributed by atoms with Crippen LogP contribution < -0.4 is 10.2 Å². The van der Waals surface area contributed by atoms with E-state index >= 15 is 9.59 Å². The van der Waals surface area contributed by atoms with Gasteiger partial charge in [-0.3, -0.25) is 19.2 Å². The Bertz CT molecular complexity index is 1840. The van der Waals surface area contributed by atoms with Gasteiger partial charge in [-0.15, -0.1) is 0 Å². The average Bonchev–Trinajstić information content (AvgIpc) is 3.51. The first-order chi connectivity index (χ1) is 24.2. The number of cyclic esters (lactones) is 1. The van der Waals surface area contributed by atoms with Crippen molar-refractivity contribution in [3.05, 3.63) is 125 Å². The topological polar surface area (TPSA) is 125 Å². The summed E-state index contributed by atoms with van der Waals surface area (Å²) in [5.74, 6) is -3.80. The van der Waals surface area contributed by atoms with Crippen molar-refractivity contribution in [2.45, 2.75) is 56.5 Å². The molecule has 4 aliphatic rings. The fraction of sp³-hybridized carbons (Fsp3) is 0.350. The van der Waals surface area contributed by atoms with E-state index in [0.29, 0.717) is 17.7 Å². The highest BCUT2D eigenvalue weighted by atomic mass is 16.5. The number of benzene rings is 3. The highest BCUT2D eigenvalue weighted by molar-refractivity contribution is 6.06. The number of aliphatic hydroxyl groups is 1. The van der Waals surface area contributed by atoms with E-state index in [0.717, 1.165) is 16.7 Å². The standard InChI is InChI=1S/C40H41N3O7/c1-25-18-19-26(2)30(22-25)42-21-11-20-40-35(38(47)43(36(40)39(42)48)31(23-44)28-14-7-4-8-15-28)34-32(50-40)16-9-10-17-33(45)49-24-29(41-37(34)46)27-12-5-3-6-13-27/h3-9,11-16,18-20,22,29,31-32,34-36,44H,10,17,21,23-24H2,1-2H3,(H,41,46)/b16-9-/t29-,31-,32+,34-,35-,36+,40-/m1/s1. The van der Waals surface area contributed by atoms with E-state index in [1.165, 1.54) is 4.90 Å². The Labute approximate surface area is 291 Å². The van der Waals surface area contributed by atoms with Crippen LogP contribution in [0.15, 0.2) is 103 Å². The molecule has 3 amide bonds. The number of hydrogen-bond acceptors (Lipinski definition) is 7. The van der Waals surface area contributed by atoms with Crippen molar-refractivity contribution in [2.24, 2.45) is 11.8 Å². The third-order valence-corrected chi connectivity index (χ3v) is 10.4. The minimum absolute atomic E-state index is 0.0845. The summed E-state index contributed by atoms with van der Waals surface area (Å²) in [6.07, 6.45) is 6.72. The second-order valence-corrected chi connectivity index (χ2v) is 13.5. The molecule has 0 bridgehead atoms. The first-order valence-electron chi connectivity index (χ1n) is 17.1. The number of carbonyl (C=O) groups excluding carboxylic acids is 4. The smallest absolute Gasteiger partial charge is 0.306 e. The number of aryl methyl sites for hydroxylation is 2. The van der Waals surface area contributed by atoms with Crippen LogP contribution in [0.5, 0.6) is 0 Å². The van der Waals surface area contributed by atoms with Crippen LogP contribution >= 0.6 is 0 Å². The molecule has 2 fully saturated rings. The van der Waals surface area contributed by atoms with Crippen molar-refractivity contribution in [1.82, 2.24) is 10.2 Å². The van der Waals surface area contributed by atoms with Crippen LogP contribution in [0.3, 0.4) is 0 Å². The molecule has 10 nitrogen and oxygen atoms in total. The van der Waals surface area contributed by atoms with E-state index in [-0.39, 0.29) is 25.5 Å². The van der Waals surface area contributed by atoms with Gasteiger partial charge in [0.25, 0.3) is 5.91 Å². The Hall–Kier alpha value is -5.06. The molecule has 7 rings (SSSR count). The summed E-state index contributed by atoms with van der Waals surface area (Å²) < 4.78 is 12.5. The van der Waals surface area contributed by atoms with E-state index in [1.54, 1.807) is 23.1 Å². The molecule has 4 aliphatic heterocycles. The largest absolute Gasteiger partial charge is 0.463 e. The summed E-state index contributed by atoms with van der Waals surface area (Å²) in [5, 5.41) is 14.0. The van der Waals surface area contributed by atoms with Crippen molar-refractivity contribution in [3.63, 3.8) is 0 Å². The molecule has 3 aromatic rings. The number of carbonyl (C=O) groups is 4. The number of allylic oxidation sites excluding steroid dienone is 1. The molecule has 7 atom stereocenters. The predicted molar refractivity (Wildman–Crippen MR) is 186 cm³/mol. The summed E-state index contributed by atoms with van der Waals surface area (Å²) >= 11 is 0. The predicted octanol–water partition coefficient (Wildman–Crippen LogP) is 4.27. The minimum atomic E-state index is -1.53. The van der Waals surface area contributed by atoms with Crippen molar-refractivity contribution >= 4 is 29.4 Å². The third-order valence-electron chi connectivity index (χ3n) is 10.4. The zero-order valence-corrected chi connectivity index (χ0v) is 28.1. The summed E-state index contributed by atoms with van der Waals surface area (Å²) in [7, 11) is 0. The number of nitrogens with one attached hydrogen (secondary N) is 1. The van der Waals surface area contributed by atoms with Crippen LogP contribution in [-0.2, 0) is 28.7 Å². The lowest BCUT2D eigenvalue weighted by Gasteiger charge is -2.39. The number of ether oxygens (including phenoxy) is 2. The van der Waals surface area contributed by atoms with Gasteiger partial charge >= 0.3 is 5.97 Å². The number of amides is 3. The lowest BCUT2D eigenvalue weighted by molar-refractivity contribution is -0.146. The first-order valence-corrected chi connectivity index (χ1v) is 17.1. The van der Waals surface area contributed by atoms with Gasteiger partial charge in [-0.25, -0.2) is 0 Å². The third kappa shape index (κ3) is 5.82. The highest BCUT2D eigenvalue weighted by Crippen LogP contribution is 2.55. The number of nitrogens with zero attached hydrogens (tertiary/aromatic N) is 2. The zero-order valence-electron chi connectivity index (χ0n) is 28.1. The zero-order chi connectivity index (χ0) is 35.0. The Balaban J connectivity index is 1.37. The molecule has 0 aliphatic carbocycles. The Morgan fingerprint density at radius 1 is 0.940 bits per heavy atom. The van der Waals surface area contributed by atoms with E-state index in [9.17, 15) is 14.7 Å². The van der Waals surface area contributed by atoms with Gasteiger partial charge in [0.1, 0.15) is 18.2 Å². The van der Waals surface area contributed by atoms with E-state index in [2.05, 4.69) is 5.32 Å². The lowest BCUT2D eigenvalue weighted by Crippen LogP contribution is -2.56. The molecule has 2 saturated heterocycles. The molecule has 50 heavy (non-hydrogen) atoms. The molecule has 1 spiro atoms. The van der Waals surface area contributed by atoms with Crippen LogP contribution in [-0.4, -0.2) is 71.2 Å². The monoisotopic (exact) mass is 675 g/mol. The number of likely N-dealkylation sites (tertiary alicyclic amines) is 1. The number of fused-ring (bicyclic) bond motifs is 2.